The molecule has 0 aromatic carbocycles. The number of rotatable bonds is 7. The fourth-order valence-electron chi connectivity index (χ4n) is 11.6. The number of carbonyl (C=O) groups excluding carboxylic acids is 2. The van der Waals surface area contributed by atoms with Gasteiger partial charge < -0.3 is 45.2 Å². The molecule has 1 aliphatic heterocycles. The summed E-state index contributed by atoms with van der Waals surface area (Å²) in [6.07, 6.45) is -4.04. The molecular weight excluding hydrogens is 596 g/mol. The lowest BCUT2D eigenvalue weighted by Crippen LogP contribution is -2.60. The fourth-order valence-corrected chi connectivity index (χ4v) is 11.6. The Kier molecular flexibility index (Phi) is 7.98. The SMILES string of the molecule is C[C@H](CC(=O)[C@H](O)C(C)(C)O)[C@H]1C(=O)[C@H](O)[C@@]2(C)C3=CC[C@H]4C(C)(C)[C@@H](O[C@@H]5OC[C@@H](O)[C@H](O)[C@H]5O)CC[C@@]45C[C@@]35[C@@H](O)C[C@]12C. The van der Waals surface area contributed by atoms with Crippen molar-refractivity contribution in [3.05, 3.63) is 11.6 Å². The second-order valence-corrected chi connectivity index (χ2v) is 17.3. The van der Waals surface area contributed by atoms with E-state index in [2.05, 4.69) is 19.9 Å². The van der Waals surface area contributed by atoms with E-state index in [0.717, 1.165) is 18.4 Å². The quantitative estimate of drug-likeness (QED) is 0.195. The van der Waals surface area contributed by atoms with Crippen molar-refractivity contribution >= 4 is 11.6 Å². The Labute approximate surface area is 271 Å². The largest absolute Gasteiger partial charge is 0.392 e. The standard InChI is InChI=1S/C35H54O11/c1-16(12-17(36)27(42)31(4,5)44)23-25(40)28(43)33(7)20-9-8-19-30(2,3)22(46-29-26(41)24(39)18(37)14-45-29)10-11-34(19)15-35(20,34)21(38)13-32(23,33)6/h9,16,18-19,21-24,26-29,37-39,41-44H,8,10-15H2,1-7H3/t16-,18-,19+,21+,22+,23+,24+,26-,27+,28+,29+,32-,33-,34-,35+/m1/s1. The number of Topliss-reactive ketones (excluding diaryl/α,β-unsaturated/α-hetero) is 2. The van der Waals surface area contributed by atoms with E-state index in [9.17, 15) is 45.3 Å². The highest BCUT2D eigenvalue weighted by atomic mass is 16.7. The van der Waals surface area contributed by atoms with Crippen LogP contribution in [-0.2, 0) is 19.1 Å². The van der Waals surface area contributed by atoms with Gasteiger partial charge in [0.25, 0.3) is 0 Å². The fraction of sp³-hybridized carbons (Fsp3) is 0.886. The lowest BCUT2D eigenvalue weighted by atomic mass is 9.44. The van der Waals surface area contributed by atoms with Crippen LogP contribution in [0.15, 0.2) is 11.6 Å². The van der Waals surface area contributed by atoms with Crippen LogP contribution in [0.3, 0.4) is 0 Å². The van der Waals surface area contributed by atoms with Crippen LogP contribution >= 0.6 is 0 Å². The molecule has 11 nitrogen and oxygen atoms in total. The van der Waals surface area contributed by atoms with Gasteiger partial charge in [-0.2, -0.15) is 0 Å². The zero-order chi connectivity index (χ0) is 34.2. The van der Waals surface area contributed by atoms with Gasteiger partial charge in [0.15, 0.2) is 17.9 Å². The first kappa shape index (κ1) is 34.6. The summed E-state index contributed by atoms with van der Waals surface area (Å²) >= 11 is 0. The summed E-state index contributed by atoms with van der Waals surface area (Å²) in [6.45, 7) is 12.5. The van der Waals surface area contributed by atoms with Crippen molar-refractivity contribution in [1.29, 1.82) is 0 Å². The number of ketones is 2. The molecule has 2 spiro atoms. The molecule has 0 aromatic rings. The van der Waals surface area contributed by atoms with E-state index in [1.807, 2.05) is 13.8 Å². The first-order valence-electron chi connectivity index (χ1n) is 17.0. The Bertz CT molecular complexity index is 1310. The molecule has 15 atom stereocenters. The van der Waals surface area contributed by atoms with Crippen molar-refractivity contribution in [2.75, 3.05) is 6.61 Å². The molecule has 4 saturated carbocycles. The summed E-state index contributed by atoms with van der Waals surface area (Å²) in [5.41, 5.74) is -3.82. The van der Waals surface area contributed by atoms with Crippen LogP contribution in [0, 0.1) is 44.8 Å². The molecule has 6 aliphatic rings. The molecule has 5 fully saturated rings. The van der Waals surface area contributed by atoms with E-state index in [1.54, 1.807) is 6.92 Å². The van der Waals surface area contributed by atoms with Gasteiger partial charge in [-0.1, -0.05) is 46.3 Å². The first-order valence-corrected chi connectivity index (χ1v) is 17.0. The number of allylic oxidation sites excluding steroid dienone is 1. The molecule has 0 aromatic heterocycles. The van der Waals surface area contributed by atoms with Crippen molar-refractivity contribution in [3.63, 3.8) is 0 Å². The van der Waals surface area contributed by atoms with Gasteiger partial charge >= 0.3 is 0 Å². The molecule has 0 amide bonds. The summed E-state index contributed by atoms with van der Waals surface area (Å²) < 4.78 is 11.9. The highest BCUT2D eigenvalue weighted by Crippen LogP contribution is 2.87. The maximum absolute atomic E-state index is 14.0. The lowest BCUT2D eigenvalue weighted by Gasteiger charge is -2.61. The minimum absolute atomic E-state index is 0.0891. The second kappa shape index (κ2) is 10.6. The smallest absolute Gasteiger partial charge is 0.186 e. The maximum atomic E-state index is 14.0. The topological polar surface area (TPSA) is 194 Å². The highest BCUT2D eigenvalue weighted by Gasteiger charge is 2.85. The second-order valence-electron chi connectivity index (χ2n) is 17.3. The van der Waals surface area contributed by atoms with E-state index >= 15 is 0 Å². The Morgan fingerprint density at radius 2 is 1.76 bits per heavy atom. The molecule has 5 aliphatic carbocycles. The number of aliphatic hydroxyl groups excluding tert-OH is 6. The molecule has 0 radical (unpaired) electrons. The van der Waals surface area contributed by atoms with Crippen LogP contribution in [0.2, 0.25) is 0 Å². The van der Waals surface area contributed by atoms with Crippen LogP contribution in [0.4, 0.5) is 0 Å². The molecule has 1 heterocycles. The number of hydrogen-bond donors (Lipinski definition) is 7. The van der Waals surface area contributed by atoms with Crippen LogP contribution in [0.25, 0.3) is 0 Å². The number of aliphatic hydroxyl groups is 7. The zero-order valence-corrected chi connectivity index (χ0v) is 28.1. The van der Waals surface area contributed by atoms with Gasteiger partial charge in [0, 0.05) is 23.2 Å². The minimum Gasteiger partial charge on any atom is -0.392 e. The molecule has 6 rings (SSSR count). The van der Waals surface area contributed by atoms with E-state index in [1.165, 1.54) is 13.8 Å². The Morgan fingerprint density at radius 1 is 1.11 bits per heavy atom. The van der Waals surface area contributed by atoms with Crippen molar-refractivity contribution in [2.24, 2.45) is 44.8 Å². The Hall–Kier alpha value is -1.28. The molecule has 7 N–H and O–H groups in total. The number of fused-ring (bicyclic) bond motifs is 2. The number of hydrogen-bond acceptors (Lipinski definition) is 11. The van der Waals surface area contributed by atoms with Crippen molar-refractivity contribution < 1.29 is 54.8 Å². The Balaban J connectivity index is 1.30. The average molecular weight is 651 g/mol. The lowest BCUT2D eigenvalue weighted by molar-refractivity contribution is -0.301. The first-order chi connectivity index (χ1) is 21.1. The molecular formula is C35H54O11. The zero-order valence-electron chi connectivity index (χ0n) is 28.1. The third-order valence-corrected chi connectivity index (χ3v) is 14.2. The van der Waals surface area contributed by atoms with Gasteiger partial charge in [-0.25, -0.2) is 0 Å². The van der Waals surface area contributed by atoms with Crippen LogP contribution < -0.4 is 0 Å². The van der Waals surface area contributed by atoms with Crippen LogP contribution in [-0.4, -0.2) is 109 Å². The van der Waals surface area contributed by atoms with E-state index in [4.69, 9.17) is 9.47 Å². The third-order valence-electron chi connectivity index (χ3n) is 14.2. The summed E-state index contributed by atoms with van der Waals surface area (Å²) in [5, 5.41) is 75.3. The van der Waals surface area contributed by atoms with Gasteiger partial charge in [0.2, 0.25) is 0 Å². The molecule has 11 heteroatoms. The van der Waals surface area contributed by atoms with Gasteiger partial charge in [0.1, 0.15) is 30.5 Å². The Morgan fingerprint density at radius 3 is 2.39 bits per heavy atom. The third kappa shape index (κ3) is 4.29. The normalized spacial score (nSPS) is 50.8. The summed E-state index contributed by atoms with van der Waals surface area (Å²) in [7, 11) is 0. The number of carbonyl (C=O) groups is 2. The van der Waals surface area contributed by atoms with Gasteiger partial charge in [-0.15, -0.1) is 0 Å². The molecule has 0 bridgehead atoms. The van der Waals surface area contributed by atoms with Gasteiger partial charge in [-0.3, -0.25) is 9.59 Å². The van der Waals surface area contributed by atoms with E-state index in [0.29, 0.717) is 12.8 Å². The van der Waals surface area contributed by atoms with E-state index < -0.39 is 87.8 Å². The van der Waals surface area contributed by atoms with Crippen molar-refractivity contribution in [3.8, 4) is 0 Å². The summed E-state index contributed by atoms with van der Waals surface area (Å²) in [5.74, 6) is -2.09. The highest BCUT2D eigenvalue weighted by molar-refractivity contribution is 5.92. The van der Waals surface area contributed by atoms with Gasteiger partial charge in [-0.05, 0) is 74.0 Å². The molecule has 46 heavy (non-hydrogen) atoms. The summed E-state index contributed by atoms with van der Waals surface area (Å²) in [6, 6.07) is 0. The van der Waals surface area contributed by atoms with E-state index in [-0.39, 0.29) is 42.7 Å². The van der Waals surface area contributed by atoms with Gasteiger partial charge in [0.05, 0.1) is 24.4 Å². The van der Waals surface area contributed by atoms with Crippen LogP contribution in [0.5, 0.6) is 0 Å². The minimum atomic E-state index is -1.63. The predicted octanol–water partition coefficient (Wildman–Crippen LogP) is 1.02. The average Bonchev–Trinajstić information content (AvgIpc) is 3.62. The molecule has 260 valence electrons. The van der Waals surface area contributed by atoms with Crippen molar-refractivity contribution in [2.45, 2.75) is 142 Å². The number of ether oxygens (including phenoxy) is 2. The predicted molar refractivity (Wildman–Crippen MR) is 164 cm³/mol. The summed E-state index contributed by atoms with van der Waals surface area (Å²) in [4.78, 5) is 27.0. The molecule has 0 unspecified atom stereocenters. The monoisotopic (exact) mass is 650 g/mol. The molecule has 1 saturated heterocycles. The van der Waals surface area contributed by atoms with Crippen LogP contribution in [0.1, 0.15) is 87.0 Å². The maximum Gasteiger partial charge on any atom is 0.186 e. The van der Waals surface area contributed by atoms with Crippen molar-refractivity contribution in [1.82, 2.24) is 0 Å².